The molecule has 0 aromatic heterocycles. The topological polar surface area (TPSA) is 38.0 Å². The second kappa shape index (κ2) is 9.98. The molecule has 0 radical (unpaired) electrons. The van der Waals surface area contributed by atoms with Crippen molar-refractivity contribution >= 4 is 7.85 Å². The van der Waals surface area contributed by atoms with Crippen LogP contribution < -0.4 is 11.1 Å². The van der Waals surface area contributed by atoms with Crippen LogP contribution in [0, 0.1) is 0 Å². The van der Waals surface area contributed by atoms with Crippen molar-refractivity contribution in [2.75, 3.05) is 19.6 Å². The van der Waals surface area contributed by atoms with Gasteiger partial charge in [0.15, 0.2) is 0 Å². The molecule has 0 aromatic rings. The third-order valence-corrected chi connectivity index (χ3v) is 1.73. The predicted molar refractivity (Wildman–Crippen MR) is 53.7 cm³/mol. The Morgan fingerprint density at radius 3 is 2.36 bits per heavy atom. The van der Waals surface area contributed by atoms with Gasteiger partial charge < -0.3 is 11.1 Å². The molecule has 0 heterocycles. The van der Waals surface area contributed by atoms with Gasteiger partial charge in [-0.25, -0.2) is 0 Å². The standard InChI is InChI=1S/C8H21BN2/c9-5-8-11-7-4-2-1-3-6-10/h11H,1-10H2. The Hall–Kier alpha value is -0.0151. The van der Waals surface area contributed by atoms with Crippen LogP contribution in [-0.2, 0) is 0 Å². The Labute approximate surface area is 71.3 Å². The van der Waals surface area contributed by atoms with E-state index in [1.54, 1.807) is 0 Å². The molecule has 0 rings (SSSR count). The van der Waals surface area contributed by atoms with Gasteiger partial charge in [-0.2, -0.15) is 0 Å². The average molecular weight is 156 g/mol. The van der Waals surface area contributed by atoms with Crippen molar-refractivity contribution in [2.24, 2.45) is 5.73 Å². The molecule has 0 fully saturated rings. The first-order valence-corrected chi connectivity index (χ1v) is 4.82. The Bertz CT molecular complexity index is 61.1. The minimum absolute atomic E-state index is 0.850. The van der Waals surface area contributed by atoms with Gasteiger partial charge in [-0.05, 0) is 32.5 Å². The van der Waals surface area contributed by atoms with Gasteiger partial charge in [0.25, 0.3) is 0 Å². The lowest BCUT2D eigenvalue weighted by atomic mass is 10.1. The highest BCUT2D eigenvalue weighted by Crippen LogP contribution is 1.96. The summed E-state index contributed by atoms with van der Waals surface area (Å²) in [6.45, 7) is 3.19. The molecule has 0 aromatic carbocycles. The molecule has 3 N–H and O–H groups in total. The van der Waals surface area contributed by atoms with E-state index in [0.717, 1.165) is 13.1 Å². The molecule has 3 heteroatoms. The summed E-state index contributed by atoms with van der Waals surface area (Å²) < 4.78 is 0. The van der Waals surface area contributed by atoms with Crippen molar-refractivity contribution in [3.05, 3.63) is 0 Å². The van der Waals surface area contributed by atoms with Crippen LogP contribution in [0.1, 0.15) is 25.7 Å². The predicted octanol–water partition coefficient (Wildman–Crippen LogP) is 0.147. The van der Waals surface area contributed by atoms with Crippen LogP contribution in [0.3, 0.4) is 0 Å². The van der Waals surface area contributed by atoms with Crippen molar-refractivity contribution in [1.29, 1.82) is 0 Å². The Kier molecular flexibility index (Phi) is 9.97. The Balaban J connectivity index is 2.69. The second-order valence-electron chi connectivity index (χ2n) is 2.95. The first-order chi connectivity index (χ1) is 5.41. The van der Waals surface area contributed by atoms with Gasteiger partial charge in [-0.3, -0.25) is 0 Å². The molecule has 2 nitrogen and oxygen atoms in total. The highest BCUT2D eigenvalue weighted by atomic mass is 14.8. The van der Waals surface area contributed by atoms with Crippen LogP contribution in [0.15, 0.2) is 0 Å². The number of unbranched alkanes of at least 4 members (excludes halogenated alkanes) is 3. The van der Waals surface area contributed by atoms with Gasteiger partial charge in [-0.15, -0.1) is 0 Å². The highest BCUT2D eigenvalue weighted by molar-refractivity contribution is 6.08. The summed E-state index contributed by atoms with van der Waals surface area (Å²) in [6.07, 6.45) is 6.36. The van der Waals surface area contributed by atoms with Gasteiger partial charge >= 0.3 is 0 Å². The Morgan fingerprint density at radius 2 is 1.73 bits per heavy atom. The lowest BCUT2D eigenvalue weighted by molar-refractivity contribution is 0.601. The van der Waals surface area contributed by atoms with E-state index in [2.05, 4.69) is 13.2 Å². The molecule has 11 heavy (non-hydrogen) atoms. The molecule has 0 saturated carbocycles. The van der Waals surface area contributed by atoms with E-state index < -0.39 is 0 Å². The van der Waals surface area contributed by atoms with Crippen molar-refractivity contribution < 1.29 is 0 Å². The van der Waals surface area contributed by atoms with E-state index in [1.807, 2.05) is 0 Å². The summed E-state index contributed by atoms with van der Waals surface area (Å²) in [7, 11) is 2.20. The normalized spacial score (nSPS) is 10.3. The summed E-state index contributed by atoms with van der Waals surface area (Å²) >= 11 is 0. The molecule has 0 unspecified atom stereocenters. The fourth-order valence-electron chi connectivity index (χ4n) is 1.05. The van der Waals surface area contributed by atoms with Crippen molar-refractivity contribution in [3.8, 4) is 0 Å². The van der Waals surface area contributed by atoms with Gasteiger partial charge in [0.2, 0.25) is 0 Å². The fourth-order valence-corrected chi connectivity index (χ4v) is 1.05. The van der Waals surface area contributed by atoms with Crippen molar-refractivity contribution in [3.63, 3.8) is 0 Å². The van der Waals surface area contributed by atoms with Gasteiger partial charge in [-0.1, -0.05) is 19.2 Å². The number of nitrogens with one attached hydrogen (secondary N) is 1. The maximum Gasteiger partial charge on any atom is 0.102 e. The number of rotatable bonds is 8. The summed E-state index contributed by atoms with van der Waals surface area (Å²) in [5, 5.41) is 3.38. The van der Waals surface area contributed by atoms with Gasteiger partial charge in [0, 0.05) is 0 Å². The first kappa shape index (κ1) is 11.0. The van der Waals surface area contributed by atoms with Gasteiger partial charge in [0.05, 0.1) is 0 Å². The van der Waals surface area contributed by atoms with E-state index in [0.29, 0.717) is 0 Å². The molecule has 0 bridgehead atoms. The summed E-state index contributed by atoms with van der Waals surface area (Å²) in [5.74, 6) is 0. The summed E-state index contributed by atoms with van der Waals surface area (Å²) in [6, 6.07) is 0. The third kappa shape index (κ3) is 9.98. The molecule has 0 aliphatic rings. The fraction of sp³-hybridized carbons (Fsp3) is 1.00. The number of nitrogens with two attached hydrogens (primary N) is 1. The number of hydrogen-bond acceptors (Lipinski definition) is 2. The van der Waals surface area contributed by atoms with E-state index in [9.17, 15) is 0 Å². The molecule has 0 amide bonds. The minimum Gasteiger partial charge on any atom is -0.330 e. The molecular weight excluding hydrogens is 135 g/mol. The monoisotopic (exact) mass is 156 g/mol. The summed E-state index contributed by atoms with van der Waals surface area (Å²) in [4.78, 5) is 0. The van der Waals surface area contributed by atoms with Crippen LogP contribution in [0.4, 0.5) is 0 Å². The summed E-state index contributed by atoms with van der Waals surface area (Å²) in [5.41, 5.74) is 5.38. The van der Waals surface area contributed by atoms with E-state index in [4.69, 9.17) is 5.73 Å². The highest BCUT2D eigenvalue weighted by Gasteiger charge is 1.87. The smallest absolute Gasteiger partial charge is 0.102 e. The minimum atomic E-state index is 0.850. The lowest BCUT2D eigenvalue weighted by Gasteiger charge is -2.01. The van der Waals surface area contributed by atoms with Crippen LogP contribution in [-0.4, -0.2) is 27.5 Å². The maximum absolute atomic E-state index is 5.38. The van der Waals surface area contributed by atoms with E-state index in [-0.39, 0.29) is 0 Å². The Morgan fingerprint density at radius 1 is 1.00 bits per heavy atom. The third-order valence-electron chi connectivity index (χ3n) is 1.73. The molecule has 0 atom stereocenters. The molecule has 0 aliphatic carbocycles. The zero-order valence-corrected chi connectivity index (χ0v) is 7.73. The largest absolute Gasteiger partial charge is 0.330 e. The zero-order chi connectivity index (χ0) is 8.36. The number of hydrogen-bond donors (Lipinski definition) is 2. The molecule has 0 saturated heterocycles. The molecule has 0 spiro atoms. The zero-order valence-electron chi connectivity index (χ0n) is 7.73. The van der Waals surface area contributed by atoms with E-state index in [1.165, 1.54) is 38.5 Å². The van der Waals surface area contributed by atoms with E-state index >= 15 is 0 Å². The average Bonchev–Trinajstić information content (AvgIpc) is 2.03. The maximum atomic E-state index is 5.38. The molecule has 66 valence electrons. The lowest BCUT2D eigenvalue weighted by Crippen LogP contribution is -2.16. The van der Waals surface area contributed by atoms with Crippen molar-refractivity contribution in [2.45, 2.75) is 32.0 Å². The molecular formula is C8H21BN2. The van der Waals surface area contributed by atoms with Gasteiger partial charge in [0.1, 0.15) is 7.85 Å². The van der Waals surface area contributed by atoms with Crippen LogP contribution >= 0.6 is 0 Å². The van der Waals surface area contributed by atoms with Crippen LogP contribution in [0.2, 0.25) is 6.32 Å². The SMILES string of the molecule is BCCNCCCCCCN. The molecule has 0 aliphatic heterocycles. The quantitative estimate of drug-likeness (QED) is 0.387. The van der Waals surface area contributed by atoms with Crippen molar-refractivity contribution in [1.82, 2.24) is 5.32 Å². The van der Waals surface area contributed by atoms with Crippen LogP contribution in [0.25, 0.3) is 0 Å². The first-order valence-electron chi connectivity index (χ1n) is 4.82. The second-order valence-corrected chi connectivity index (χ2v) is 2.95. The van der Waals surface area contributed by atoms with Crippen LogP contribution in [0.5, 0.6) is 0 Å².